The highest BCUT2D eigenvalue weighted by molar-refractivity contribution is 5.45. The summed E-state index contributed by atoms with van der Waals surface area (Å²) in [6.45, 7) is 18.1. The van der Waals surface area contributed by atoms with Crippen LogP contribution >= 0.6 is 0 Å². The molecule has 0 unspecified atom stereocenters. The Hall–Kier alpha value is -4.04. The average molecular weight is 699 g/mol. The predicted molar refractivity (Wildman–Crippen MR) is 189 cm³/mol. The van der Waals surface area contributed by atoms with Crippen molar-refractivity contribution in [3.05, 3.63) is 68.6 Å². The van der Waals surface area contributed by atoms with Gasteiger partial charge in [0.15, 0.2) is 0 Å². The van der Waals surface area contributed by atoms with Gasteiger partial charge in [-0.25, -0.2) is 9.97 Å². The number of hydrogen-bond acceptors (Lipinski definition) is 12. The summed E-state index contributed by atoms with van der Waals surface area (Å²) in [6.07, 6.45) is 10.2. The van der Waals surface area contributed by atoms with Gasteiger partial charge in [-0.2, -0.15) is 9.97 Å². The van der Waals surface area contributed by atoms with Crippen molar-refractivity contribution in [3.8, 4) is 11.8 Å². The molecule has 2 aromatic heterocycles. The van der Waals surface area contributed by atoms with Crippen molar-refractivity contribution >= 4 is 11.4 Å². The molecule has 50 heavy (non-hydrogen) atoms. The summed E-state index contributed by atoms with van der Waals surface area (Å²) in [5.41, 5.74) is 0.102. The van der Waals surface area contributed by atoms with Crippen molar-refractivity contribution in [2.75, 3.05) is 0 Å². The van der Waals surface area contributed by atoms with Gasteiger partial charge in [0, 0.05) is 0 Å². The zero-order valence-corrected chi connectivity index (χ0v) is 30.3. The Balaban J connectivity index is 0.000000270. The number of rotatable bonds is 16. The summed E-state index contributed by atoms with van der Waals surface area (Å²) < 4.78 is 11.9. The molecule has 0 saturated heterocycles. The van der Waals surface area contributed by atoms with E-state index in [-0.39, 0.29) is 58.2 Å². The van der Waals surface area contributed by atoms with Gasteiger partial charge in [0.1, 0.15) is 35.2 Å². The van der Waals surface area contributed by atoms with Gasteiger partial charge < -0.3 is 19.7 Å². The molecule has 0 radical (unpaired) electrons. The van der Waals surface area contributed by atoms with E-state index in [9.17, 15) is 30.4 Å². The lowest BCUT2D eigenvalue weighted by Crippen LogP contribution is -2.34. The number of ether oxygens (including phenoxy) is 2. The summed E-state index contributed by atoms with van der Waals surface area (Å²) in [5, 5.41) is 44.2. The van der Waals surface area contributed by atoms with E-state index in [4.69, 9.17) is 9.47 Å². The molecule has 14 nitrogen and oxygen atoms in total. The second-order valence-corrected chi connectivity index (χ2v) is 13.5. The first-order valence-corrected chi connectivity index (χ1v) is 17.7. The molecule has 0 bridgehead atoms. The molecule has 2 aromatic rings. The SMILES string of the molecule is C=CCC[C@H]1C[C@H](CCC)[C@@H](O)[C@H]1Oc1nc(C)nc(C)c1[N+](=O)[O-].C=CCC[C@H]1C[C@H](CCC)[C@@H](Oc2nc(C)nc(C)c2[N+](=O)[O-])[C@H]1O. The van der Waals surface area contributed by atoms with Gasteiger partial charge in [-0.1, -0.05) is 38.8 Å². The van der Waals surface area contributed by atoms with Crippen LogP contribution < -0.4 is 9.47 Å². The molecule has 2 heterocycles. The van der Waals surface area contributed by atoms with Crippen LogP contribution in [-0.4, -0.2) is 64.4 Å². The molecule has 2 fully saturated rings. The summed E-state index contributed by atoms with van der Waals surface area (Å²) in [6, 6.07) is 0. The number of nitro groups is 2. The van der Waals surface area contributed by atoms with Crippen LogP contribution in [0.25, 0.3) is 0 Å². The van der Waals surface area contributed by atoms with Crippen LogP contribution in [0.3, 0.4) is 0 Å². The number of aromatic nitrogens is 4. The van der Waals surface area contributed by atoms with E-state index in [1.54, 1.807) is 27.7 Å². The van der Waals surface area contributed by atoms with Crippen molar-refractivity contribution < 1.29 is 29.5 Å². The minimum absolute atomic E-state index is 0.0375. The summed E-state index contributed by atoms with van der Waals surface area (Å²) in [7, 11) is 0. The van der Waals surface area contributed by atoms with E-state index in [1.165, 1.54) is 0 Å². The maximum atomic E-state index is 11.4. The lowest BCUT2D eigenvalue weighted by atomic mass is 9.97. The monoisotopic (exact) mass is 698 g/mol. The molecule has 276 valence electrons. The fraction of sp³-hybridized carbons (Fsp3) is 0.667. The van der Waals surface area contributed by atoms with Crippen LogP contribution in [0.15, 0.2) is 25.3 Å². The molecule has 2 aliphatic rings. The van der Waals surface area contributed by atoms with E-state index in [0.29, 0.717) is 11.6 Å². The van der Waals surface area contributed by atoms with Gasteiger partial charge in [-0.05, 0) is 103 Å². The Morgan fingerprint density at radius 3 is 1.42 bits per heavy atom. The molecule has 0 aliphatic heterocycles. The largest absolute Gasteiger partial charge is 0.466 e. The third-order valence-electron chi connectivity index (χ3n) is 9.72. The predicted octanol–water partition coefficient (Wildman–Crippen LogP) is 7.02. The van der Waals surface area contributed by atoms with E-state index >= 15 is 0 Å². The lowest BCUT2D eigenvalue weighted by Gasteiger charge is -2.23. The molecule has 0 spiro atoms. The first-order chi connectivity index (χ1) is 23.8. The van der Waals surface area contributed by atoms with Gasteiger partial charge in [-0.15, -0.1) is 13.2 Å². The van der Waals surface area contributed by atoms with Crippen LogP contribution in [0, 0.1) is 71.6 Å². The molecule has 8 atom stereocenters. The molecule has 14 heteroatoms. The molecule has 4 rings (SSSR count). The van der Waals surface area contributed by atoms with E-state index in [0.717, 1.165) is 64.2 Å². The smallest absolute Gasteiger partial charge is 0.351 e. The Labute approximate surface area is 294 Å². The van der Waals surface area contributed by atoms with Gasteiger partial charge >= 0.3 is 11.4 Å². The highest BCUT2D eigenvalue weighted by atomic mass is 16.6. The van der Waals surface area contributed by atoms with Gasteiger partial charge in [0.05, 0.1) is 22.1 Å². The Kier molecular flexibility index (Phi) is 15.2. The maximum Gasteiger partial charge on any atom is 0.351 e. The van der Waals surface area contributed by atoms with Crippen LogP contribution in [0.1, 0.15) is 101 Å². The number of allylic oxidation sites excluding steroid dienone is 2. The quantitative estimate of drug-likeness (QED) is 0.103. The number of nitrogens with zero attached hydrogens (tertiary/aromatic N) is 6. The zero-order valence-electron chi connectivity index (χ0n) is 30.3. The molecular weight excluding hydrogens is 644 g/mol. The van der Waals surface area contributed by atoms with E-state index < -0.39 is 34.3 Å². The van der Waals surface area contributed by atoms with E-state index in [1.807, 2.05) is 12.2 Å². The number of aliphatic hydroxyl groups excluding tert-OH is 2. The minimum atomic E-state index is -0.660. The topological polar surface area (TPSA) is 197 Å². The van der Waals surface area contributed by atoms with Crippen molar-refractivity contribution in [2.45, 2.75) is 130 Å². The number of hydrogen-bond donors (Lipinski definition) is 2. The second kappa shape index (κ2) is 18.8. The summed E-state index contributed by atoms with van der Waals surface area (Å²) in [5.74, 6) is 1.30. The molecule has 0 amide bonds. The van der Waals surface area contributed by atoms with Gasteiger partial charge in [-0.3, -0.25) is 20.2 Å². The van der Waals surface area contributed by atoms with Gasteiger partial charge in [0.25, 0.3) is 11.8 Å². The zero-order chi connectivity index (χ0) is 37.1. The van der Waals surface area contributed by atoms with Crippen molar-refractivity contribution in [1.82, 2.24) is 19.9 Å². The summed E-state index contributed by atoms with van der Waals surface area (Å²) in [4.78, 5) is 38.1. The van der Waals surface area contributed by atoms with Crippen molar-refractivity contribution in [2.24, 2.45) is 23.7 Å². The summed E-state index contributed by atoms with van der Waals surface area (Å²) >= 11 is 0. The lowest BCUT2D eigenvalue weighted by molar-refractivity contribution is -0.387. The number of aryl methyl sites for hydroxylation is 4. The first-order valence-electron chi connectivity index (χ1n) is 17.7. The van der Waals surface area contributed by atoms with Crippen LogP contribution in [-0.2, 0) is 0 Å². The van der Waals surface area contributed by atoms with E-state index in [2.05, 4.69) is 46.9 Å². The van der Waals surface area contributed by atoms with Crippen LogP contribution in [0.5, 0.6) is 11.8 Å². The highest BCUT2D eigenvalue weighted by Crippen LogP contribution is 2.42. The highest BCUT2D eigenvalue weighted by Gasteiger charge is 2.45. The third-order valence-corrected chi connectivity index (χ3v) is 9.72. The maximum absolute atomic E-state index is 11.4. The van der Waals surface area contributed by atoms with Gasteiger partial charge in [0.2, 0.25) is 0 Å². The molecule has 2 N–H and O–H groups in total. The van der Waals surface area contributed by atoms with Crippen molar-refractivity contribution in [3.63, 3.8) is 0 Å². The average Bonchev–Trinajstić information content (AvgIpc) is 3.48. The molecule has 0 aromatic carbocycles. The number of aliphatic hydroxyl groups is 2. The Morgan fingerprint density at radius 1 is 0.680 bits per heavy atom. The standard InChI is InChI=1S/2C18H27N3O4/c1-5-7-9-13-10-14(8-6-2)17(16(13)22)25-18-15(21(23)24)11(3)19-12(4)20-18;1-5-7-9-14-10-13(8-6-2)16(22)17(14)25-18-15(21(23)24)11(3)19-12(4)20-18/h2*5,13-14,16-17,22H,1,6-10H2,2-4H3/t13-,14-,16-,17+;13-,14-,16+,17-/m00/s1. The third kappa shape index (κ3) is 10.0. The molecule has 2 aliphatic carbocycles. The fourth-order valence-corrected chi connectivity index (χ4v) is 7.49. The molecule has 2 saturated carbocycles. The second-order valence-electron chi connectivity index (χ2n) is 13.5. The van der Waals surface area contributed by atoms with Crippen LogP contribution in [0.4, 0.5) is 11.4 Å². The Bertz CT molecular complexity index is 1490. The Morgan fingerprint density at radius 2 is 1.04 bits per heavy atom. The normalized spacial score (nSPS) is 25.8. The van der Waals surface area contributed by atoms with Crippen LogP contribution in [0.2, 0.25) is 0 Å². The fourth-order valence-electron chi connectivity index (χ4n) is 7.49. The minimum Gasteiger partial charge on any atom is -0.466 e. The van der Waals surface area contributed by atoms with Crippen molar-refractivity contribution in [1.29, 1.82) is 0 Å². The molecular formula is C36H54N6O8. The first kappa shape index (κ1) is 40.4.